The fourth-order valence-electron chi connectivity index (χ4n) is 6.70. The minimum absolute atomic E-state index is 1.24. The van der Waals surface area contributed by atoms with Gasteiger partial charge in [0.25, 0.3) is 0 Å². The SMILES string of the molecule is Cc1cc(C)cc(-c2ccc3c(-c4ccccc4)c4cc(-c5cc(C)cc(C)c5)ccc4c(-c4ccccc4)c3c2)c1. The van der Waals surface area contributed by atoms with Crippen LogP contribution in [-0.4, -0.2) is 0 Å². The minimum Gasteiger partial charge on any atom is -0.0622 e. The third kappa shape index (κ3) is 4.70. The van der Waals surface area contributed by atoms with Gasteiger partial charge in [-0.3, -0.25) is 0 Å². The summed E-state index contributed by atoms with van der Waals surface area (Å²) in [6.45, 7) is 8.73. The molecule has 7 rings (SSSR count). The Morgan fingerprint density at radius 3 is 0.976 bits per heavy atom. The van der Waals surface area contributed by atoms with E-state index in [0.29, 0.717) is 0 Å². The maximum atomic E-state index is 2.41. The van der Waals surface area contributed by atoms with E-state index < -0.39 is 0 Å². The molecule has 0 atom stereocenters. The van der Waals surface area contributed by atoms with E-state index in [1.54, 1.807) is 0 Å². The van der Waals surface area contributed by atoms with Gasteiger partial charge >= 0.3 is 0 Å². The highest BCUT2D eigenvalue weighted by atomic mass is 14.2. The van der Waals surface area contributed by atoms with E-state index in [1.165, 1.54) is 88.3 Å². The molecule has 7 aromatic rings. The van der Waals surface area contributed by atoms with E-state index in [2.05, 4.69) is 161 Å². The second kappa shape index (κ2) is 10.5. The lowest BCUT2D eigenvalue weighted by Gasteiger charge is -2.20. The first-order chi connectivity index (χ1) is 20.4. The lowest BCUT2D eigenvalue weighted by atomic mass is 9.83. The van der Waals surface area contributed by atoms with Crippen LogP contribution in [-0.2, 0) is 0 Å². The zero-order valence-electron chi connectivity index (χ0n) is 24.7. The molecule has 0 aliphatic heterocycles. The van der Waals surface area contributed by atoms with Crippen molar-refractivity contribution in [3.63, 3.8) is 0 Å². The molecule has 0 bridgehead atoms. The van der Waals surface area contributed by atoms with Crippen molar-refractivity contribution in [1.82, 2.24) is 0 Å². The topological polar surface area (TPSA) is 0 Å². The lowest BCUT2D eigenvalue weighted by molar-refractivity contribution is 1.38. The van der Waals surface area contributed by atoms with Gasteiger partial charge in [-0.2, -0.15) is 0 Å². The molecule has 0 aliphatic carbocycles. The first kappa shape index (κ1) is 26.0. The normalized spacial score (nSPS) is 11.3. The average molecular weight is 539 g/mol. The molecule has 0 saturated carbocycles. The van der Waals surface area contributed by atoms with Crippen LogP contribution in [0.25, 0.3) is 66.1 Å². The van der Waals surface area contributed by atoms with Crippen molar-refractivity contribution in [2.75, 3.05) is 0 Å². The third-order valence-corrected chi connectivity index (χ3v) is 8.35. The molecule has 0 unspecified atom stereocenters. The van der Waals surface area contributed by atoms with Crippen LogP contribution in [0.2, 0.25) is 0 Å². The highest BCUT2D eigenvalue weighted by molar-refractivity contribution is 6.22. The Morgan fingerprint density at radius 2 is 0.619 bits per heavy atom. The Morgan fingerprint density at radius 1 is 0.262 bits per heavy atom. The van der Waals surface area contributed by atoms with Gasteiger partial charge in [0, 0.05) is 0 Å². The first-order valence-electron chi connectivity index (χ1n) is 14.8. The number of benzene rings is 7. The number of hydrogen-bond acceptors (Lipinski definition) is 0. The van der Waals surface area contributed by atoms with Gasteiger partial charge in [-0.1, -0.05) is 144 Å². The van der Waals surface area contributed by atoms with Crippen molar-refractivity contribution < 1.29 is 0 Å². The molecule has 0 radical (unpaired) electrons. The molecule has 0 aliphatic rings. The van der Waals surface area contributed by atoms with Crippen LogP contribution < -0.4 is 0 Å². The van der Waals surface area contributed by atoms with Gasteiger partial charge in [0.1, 0.15) is 0 Å². The van der Waals surface area contributed by atoms with Gasteiger partial charge in [0.05, 0.1) is 0 Å². The summed E-state index contributed by atoms with van der Waals surface area (Å²) in [6.07, 6.45) is 0. The smallest absolute Gasteiger partial charge is 0.00261 e. The summed E-state index contributed by atoms with van der Waals surface area (Å²) >= 11 is 0. The van der Waals surface area contributed by atoms with Crippen molar-refractivity contribution in [3.8, 4) is 44.5 Å². The van der Waals surface area contributed by atoms with Crippen molar-refractivity contribution in [2.45, 2.75) is 27.7 Å². The van der Waals surface area contributed by atoms with Crippen molar-refractivity contribution >= 4 is 21.5 Å². The number of fused-ring (bicyclic) bond motifs is 2. The van der Waals surface area contributed by atoms with Crippen LogP contribution in [0.3, 0.4) is 0 Å². The second-order valence-corrected chi connectivity index (χ2v) is 11.8. The van der Waals surface area contributed by atoms with E-state index in [4.69, 9.17) is 0 Å². The number of rotatable bonds is 4. The van der Waals surface area contributed by atoms with E-state index in [0.717, 1.165) is 0 Å². The Balaban J connectivity index is 1.62. The maximum absolute atomic E-state index is 2.41. The molecule has 0 spiro atoms. The van der Waals surface area contributed by atoms with Crippen LogP contribution in [0, 0.1) is 27.7 Å². The molecular weight excluding hydrogens is 504 g/mol. The molecule has 0 fully saturated rings. The lowest BCUT2D eigenvalue weighted by Crippen LogP contribution is -1.93. The molecule has 0 N–H and O–H groups in total. The maximum Gasteiger partial charge on any atom is -0.00261 e. The summed E-state index contributed by atoms with van der Waals surface area (Å²) < 4.78 is 0. The summed E-state index contributed by atoms with van der Waals surface area (Å²) in [6, 6.07) is 49.6. The van der Waals surface area contributed by atoms with Gasteiger partial charge < -0.3 is 0 Å². The first-order valence-corrected chi connectivity index (χ1v) is 14.8. The van der Waals surface area contributed by atoms with Gasteiger partial charge in [0.15, 0.2) is 0 Å². The fraction of sp³-hybridized carbons (Fsp3) is 0.0952. The molecule has 7 aromatic carbocycles. The van der Waals surface area contributed by atoms with Crippen LogP contribution in [0.15, 0.2) is 133 Å². The summed E-state index contributed by atoms with van der Waals surface area (Å²) in [4.78, 5) is 0. The molecule has 0 amide bonds. The Labute approximate surface area is 248 Å². The quantitative estimate of drug-likeness (QED) is 0.196. The molecule has 0 nitrogen and oxygen atoms in total. The van der Waals surface area contributed by atoms with Crippen molar-refractivity contribution in [3.05, 3.63) is 156 Å². The highest BCUT2D eigenvalue weighted by Crippen LogP contribution is 2.46. The molecule has 42 heavy (non-hydrogen) atoms. The summed E-state index contributed by atoms with van der Waals surface area (Å²) in [5.41, 5.74) is 15.2. The summed E-state index contributed by atoms with van der Waals surface area (Å²) in [5.74, 6) is 0. The number of hydrogen-bond donors (Lipinski definition) is 0. The third-order valence-electron chi connectivity index (χ3n) is 8.35. The van der Waals surface area contributed by atoms with Crippen LogP contribution in [0.1, 0.15) is 22.3 Å². The Hall–Kier alpha value is -4.94. The Kier molecular flexibility index (Phi) is 6.48. The van der Waals surface area contributed by atoms with Gasteiger partial charge in [-0.15, -0.1) is 0 Å². The van der Waals surface area contributed by atoms with Crippen LogP contribution in [0.5, 0.6) is 0 Å². The average Bonchev–Trinajstić information content (AvgIpc) is 2.99. The molecular formula is C42H34. The van der Waals surface area contributed by atoms with Crippen LogP contribution in [0.4, 0.5) is 0 Å². The minimum atomic E-state index is 1.24. The largest absolute Gasteiger partial charge is 0.0622 e. The van der Waals surface area contributed by atoms with Gasteiger partial charge in [0.2, 0.25) is 0 Å². The van der Waals surface area contributed by atoms with E-state index in [-0.39, 0.29) is 0 Å². The standard InChI is InChI=1S/C42H34/c1-27-19-28(2)22-35(21-27)33-15-17-37-39(25-33)41(31-11-7-5-8-12-31)38-18-16-34(36-23-29(3)20-30(4)24-36)26-40(38)42(37)32-13-9-6-10-14-32/h5-26H,1-4H3. The summed E-state index contributed by atoms with van der Waals surface area (Å²) in [5, 5.41) is 5.11. The van der Waals surface area contributed by atoms with Crippen molar-refractivity contribution in [1.29, 1.82) is 0 Å². The molecule has 0 aromatic heterocycles. The molecule has 0 heteroatoms. The number of aryl methyl sites for hydroxylation is 4. The fourth-order valence-corrected chi connectivity index (χ4v) is 6.70. The predicted octanol–water partition coefficient (Wildman–Crippen LogP) is 11.9. The highest BCUT2D eigenvalue weighted by Gasteiger charge is 2.18. The Bertz CT molecular complexity index is 1900. The van der Waals surface area contributed by atoms with Gasteiger partial charge in [-0.05, 0) is 106 Å². The van der Waals surface area contributed by atoms with Crippen molar-refractivity contribution in [2.24, 2.45) is 0 Å². The monoisotopic (exact) mass is 538 g/mol. The zero-order valence-corrected chi connectivity index (χ0v) is 24.7. The summed E-state index contributed by atoms with van der Waals surface area (Å²) in [7, 11) is 0. The molecule has 0 heterocycles. The van der Waals surface area contributed by atoms with Gasteiger partial charge in [-0.25, -0.2) is 0 Å². The second-order valence-electron chi connectivity index (χ2n) is 11.8. The van der Waals surface area contributed by atoms with E-state index in [9.17, 15) is 0 Å². The predicted molar refractivity (Wildman–Crippen MR) is 182 cm³/mol. The zero-order chi connectivity index (χ0) is 28.8. The van der Waals surface area contributed by atoms with E-state index in [1.807, 2.05) is 0 Å². The molecule has 0 saturated heterocycles. The molecule has 202 valence electrons. The van der Waals surface area contributed by atoms with E-state index >= 15 is 0 Å². The van der Waals surface area contributed by atoms with Crippen LogP contribution >= 0.6 is 0 Å².